The topological polar surface area (TPSA) is 0 Å². The number of hydrogen-bond donors (Lipinski definition) is 0. The van der Waals surface area contributed by atoms with Gasteiger partial charge in [-0.2, -0.15) is 0 Å². The molecule has 1 heteroatoms. The smallest absolute Gasteiger partial charge is 0.0320 e. The molecule has 0 spiro atoms. The van der Waals surface area contributed by atoms with Gasteiger partial charge < -0.3 is 0 Å². The highest BCUT2D eigenvalue weighted by Gasteiger charge is 2.30. The van der Waals surface area contributed by atoms with Gasteiger partial charge in [0.05, 0.1) is 0 Å². The number of alkyl halides is 1. The lowest BCUT2D eigenvalue weighted by atomic mass is 9.73. The summed E-state index contributed by atoms with van der Waals surface area (Å²) in [6, 6.07) is 10.7. The minimum Gasteiger partial charge on any atom is -0.126 e. The molecular weight excluding hydrogens is 228 g/mol. The molecule has 0 aromatic heterocycles. The Morgan fingerprint density at radius 1 is 1.00 bits per heavy atom. The van der Waals surface area contributed by atoms with E-state index in [1.54, 1.807) is 0 Å². The van der Waals surface area contributed by atoms with Gasteiger partial charge in [0.25, 0.3) is 0 Å². The quantitative estimate of drug-likeness (QED) is 0.616. The average Bonchev–Trinajstić information content (AvgIpc) is 2.31. The van der Waals surface area contributed by atoms with Crippen molar-refractivity contribution in [3.63, 3.8) is 0 Å². The first-order valence-corrected chi connectivity index (χ1v) is 7.08. The van der Waals surface area contributed by atoms with Gasteiger partial charge in [-0.25, -0.2) is 0 Å². The summed E-state index contributed by atoms with van der Waals surface area (Å²) >= 11 is 6.29. The number of halogens is 1. The lowest BCUT2D eigenvalue weighted by molar-refractivity contribution is 0.300. The summed E-state index contributed by atoms with van der Waals surface area (Å²) in [5.74, 6) is 0.712. The van der Waals surface area contributed by atoms with Crippen molar-refractivity contribution in [1.29, 1.82) is 0 Å². The lowest BCUT2D eigenvalue weighted by Crippen LogP contribution is -2.29. The van der Waals surface area contributed by atoms with Crippen LogP contribution in [0, 0.1) is 5.41 Å². The first-order chi connectivity index (χ1) is 7.93. The maximum absolute atomic E-state index is 6.29. The molecule has 0 saturated carbocycles. The predicted molar refractivity (Wildman–Crippen MR) is 77.8 cm³/mol. The van der Waals surface area contributed by atoms with E-state index in [0.717, 1.165) is 6.42 Å². The molecule has 1 unspecified atom stereocenters. The van der Waals surface area contributed by atoms with E-state index in [1.807, 2.05) is 0 Å². The number of benzene rings is 1. The van der Waals surface area contributed by atoms with Crippen LogP contribution < -0.4 is 0 Å². The summed E-state index contributed by atoms with van der Waals surface area (Å²) < 4.78 is 0. The van der Waals surface area contributed by atoms with Crippen LogP contribution in [0.1, 0.15) is 52.5 Å². The molecule has 1 aromatic carbocycles. The second kappa shape index (κ2) is 5.91. The number of hydrogen-bond acceptors (Lipinski definition) is 0. The summed E-state index contributed by atoms with van der Waals surface area (Å²) in [4.78, 5) is 0. The molecule has 0 aliphatic heterocycles. The van der Waals surface area contributed by atoms with Crippen molar-refractivity contribution < 1.29 is 0 Å². The molecular formula is C16H25Cl. The van der Waals surface area contributed by atoms with Crippen molar-refractivity contribution in [2.24, 2.45) is 5.41 Å². The van der Waals surface area contributed by atoms with E-state index < -0.39 is 0 Å². The molecule has 0 radical (unpaired) electrons. The van der Waals surface area contributed by atoms with Crippen LogP contribution in [0.4, 0.5) is 0 Å². The fourth-order valence-electron chi connectivity index (χ4n) is 2.17. The Morgan fingerprint density at radius 2 is 1.59 bits per heavy atom. The van der Waals surface area contributed by atoms with E-state index in [4.69, 9.17) is 11.6 Å². The highest BCUT2D eigenvalue weighted by atomic mass is 35.5. The Hall–Kier alpha value is -0.490. The van der Waals surface area contributed by atoms with Crippen LogP contribution in [0.25, 0.3) is 0 Å². The molecule has 0 aliphatic rings. The van der Waals surface area contributed by atoms with Gasteiger partial charge in [0.2, 0.25) is 0 Å². The first kappa shape index (κ1) is 14.6. The zero-order chi connectivity index (χ0) is 12.9. The molecule has 0 amide bonds. The summed E-state index contributed by atoms with van der Waals surface area (Å²) in [6.45, 7) is 9.14. The molecule has 96 valence electrons. The van der Waals surface area contributed by atoms with Crippen molar-refractivity contribution in [1.82, 2.24) is 0 Å². The molecule has 1 aromatic rings. The van der Waals surface area contributed by atoms with E-state index >= 15 is 0 Å². The van der Waals surface area contributed by atoms with Crippen LogP contribution in [0.3, 0.4) is 0 Å². The monoisotopic (exact) mass is 252 g/mol. The normalized spacial score (nSPS) is 15.6. The van der Waals surface area contributed by atoms with Crippen LogP contribution >= 0.6 is 11.6 Å². The zero-order valence-electron chi connectivity index (χ0n) is 11.6. The summed E-state index contributed by atoms with van der Waals surface area (Å²) in [7, 11) is 0. The fourth-order valence-corrected chi connectivity index (χ4v) is 2.65. The standard InChI is InChI=1S/C16H25Cl/c1-5-16(13-17,12-11-15(2,3)4)14-9-7-6-8-10-14/h6-10H,5,11-13H2,1-4H3. The van der Waals surface area contributed by atoms with Gasteiger partial charge in [-0.05, 0) is 30.2 Å². The van der Waals surface area contributed by atoms with Crippen molar-refractivity contribution >= 4 is 11.6 Å². The molecule has 0 N–H and O–H groups in total. The van der Waals surface area contributed by atoms with E-state index in [-0.39, 0.29) is 5.41 Å². The lowest BCUT2D eigenvalue weighted by Gasteiger charge is -2.34. The largest absolute Gasteiger partial charge is 0.126 e. The molecule has 0 bridgehead atoms. The van der Waals surface area contributed by atoms with Crippen LogP contribution in [0.5, 0.6) is 0 Å². The van der Waals surface area contributed by atoms with Gasteiger partial charge in [0.15, 0.2) is 0 Å². The zero-order valence-corrected chi connectivity index (χ0v) is 12.3. The van der Waals surface area contributed by atoms with Gasteiger partial charge in [-0.1, -0.05) is 58.0 Å². The SMILES string of the molecule is CCC(CCl)(CCC(C)(C)C)c1ccccc1. The highest BCUT2D eigenvalue weighted by molar-refractivity contribution is 6.18. The maximum atomic E-state index is 6.29. The van der Waals surface area contributed by atoms with Gasteiger partial charge in [0, 0.05) is 11.3 Å². The summed E-state index contributed by atoms with van der Waals surface area (Å²) in [5.41, 5.74) is 1.92. The predicted octanol–water partition coefficient (Wildman–Crippen LogP) is 5.40. The number of rotatable bonds is 5. The van der Waals surface area contributed by atoms with Crippen LogP contribution in [0.2, 0.25) is 0 Å². The van der Waals surface area contributed by atoms with Crippen LogP contribution in [-0.4, -0.2) is 5.88 Å². The third kappa shape index (κ3) is 4.03. The fraction of sp³-hybridized carbons (Fsp3) is 0.625. The Morgan fingerprint density at radius 3 is 2.00 bits per heavy atom. The molecule has 0 saturated heterocycles. The second-order valence-electron chi connectivity index (χ2n) is 6.19. The van der Waals surface area contributed by atoms with E-state index in [9.17, 15) is 0 Å². The minimum absolute atomic E-state index is 0.149. The molecule has 0 heterocycles. The molecule has 17 heavy (non-hydrogen) atoms. The van der Waals surface area contributed by atoms with Crippen LogP contribution in [-0.2, 0) is 5.41 Å². The Labute approximate surface area is 111 Å². The van der Waals surface area contributed by atoms with Gasteiger partial charge in [-0.15, -0.1) is 11.6 Å². The molecule has 0 aliphatic carbocycles. The maximum Gasteiger partial charge on any atom is 0.0320 e. The van der Waals surface area contributed by atoms with Gasteiger partial charge in [-0.3, -0.25) is 0 Å². The molecule has 0 nitrogen and oxygen atoms in total. The highest BCUT2D eigenvalue weighted by Crippen LogP contribution is 2.37. The molecule has 0 fully saturated rings. The minimum atomic E-state index is 0.149. The van der Waals surface area contributed by atoms with Gasteiger partial charge >= 0.3 is 0 Å². The van der Waals surface area contributed by atoms with E-state index in [1.165, 1.54) is 18.4 Å². The molecule has 1 rings (SSSR count). The average molecular weight is 253 g/mol. The van der Waals surface area contributed by atoms with Gasteiger partial charge in [0.1, 0.15) is 0 Å². The second-order valence-corrected chi connectivity index (χ2v) is 6.46. The van der Waals surface area contributed by atoms with Crippen molar-refractivity contribution in [2.45, 2.75) is 52.4 Å². The van der Waals surface area contributed by atoms with E-state index in [0.29, 0.717) is 11.3 Å². The van der Waals surface area contributed by atoms with Crippen molar-refractivity contribution in [2.75, 3.05) is 5.88 Å². The van der Waals surface area contributed by atoms with Crippen molar-refractivity contribution in [3.05, 3.63) is 35.9 Å². The van der Waals surface area contributed by atoms with Crippen LogP contribution in [0.15, 0.2) is 30.3 Å². The Balaban J connectivity index is 2.90. The summed E-state index contributed by atoms with van der Waals surface area (Å²) in [5, 5.41) is 0. The van der Waals surface area contributed by atoms with Crippen molar-refractivity contribution in [3.8, 4) is 0 Å². The first-order valence-electron chi connectivity index (χ1n) is 6.55. The third-order valence-corrected chi connectivity index (χ3v) is 4.18. The Bertz CT molecular complexity index is 317. The van der Waals surface area contributed by atoms with E-state index in [2.05, 4.69) is 58.0 Å². The summed E-state index contributed by atoms with van der Waals surface area (Å²) in [6.07, 6.45) is 3.49. The molecule has 1 atom stereocenters. The Kier molecular flexibility index (Phi) is 5.06. The third-order valence-electron chi connectivity index (χ3n) is 3.67.